The monoisotopic (exact) mass is 516 g/mol. The van der Waals surface area contributed by atoms with Crippen molar-refractivity contribution in [2.75, 3.05) is 42.5 Å². The van der Waals surface area contributed by atoms with Gasteiger partial charge in [0.25, 0.3) is 0 Å². The number of rotatable bonds is 3. The van der Waals surface area contributed by atoms with Crippen LogP contribution >= 0.6 is 0 Å². The maximum Gasteiger partial charge on any atom is 0.410 e. The van der Waals surface area contributed by atoms with E-state index >= 15 is 0 Å². The fourth-order valence-corrected chi connectivity index (χ4v) is 5.08. The molecule has 2 fully saturated rings. The van der Waals surface area contributed by atoms with Gasteiger partial charge in [-0.3, -0.25) is 4.57 Å². The maximum absolute atomic E-state index is 14.1. The number of benzene rings is 1. The average Bonchev–Trinajstić information content (AvgIpc) is 3.49. The van der Waals surface area contributed by atoms with Crippen molar-refractivity contribution >= 4 is 28.6 Å². The zero-order chi connectivity index (χ0) is 26.5. The third kappa shape index (κ3) is 4.78. The average molecular weight is 517 g/mol. The van der Waals surface area contributed by atoms with Crippen molar-refractivity contribution in [3.05, 3.63) is 42.1 Å². The first-order chi connectivity index (χ1) is 17.5. The molecule has 5 rings (SSSR count). The molecule has 1 aromatic carbocycles. The standard InChI is InChI=1S/C26H31F3N6O2/c1-16-13-33(9-10-34(16)25(36)37-26(2,3)4)23-21-20(32-7-5-6-8-32)14-35(24(21)31-15-30-23)17-11-18(27)22(29)19(28)12-17/h11-12,14-16H,5-10,13H2,1-4H3. The highest BCUT2D eigenvalue weighted by Gasteiger charge is 2.33. The quantitative estimate of drug-likeness (QED) is 0.462. The molecule has 1 amide bonds. The number of nitrogens with zero attached hydrogens (tertiary/aromatic N) is 6. The number of amides is 1. The third-order valence-corrected chi connectivity index (χ3v) is 6.79. The normalized spacial score (nSPS) is 18.7. The molecule has 2 aliphatic heterocycles. The summed E-state index contributed by atoms with van der Waals surface area (Å²) in [5.74, 6) is -3.35. The number of hydrogen-bond acceptors (Lipinski definition) is 6. The lowest BCUT2D eigenvalue weighted by Gasteiger charge is -2.41. The van der Waals surface area contributed by atoms with Crippen molar-refractivity contribution in [1.82, 2.24) is 19.4 Å². The lowest BCUT2D eigenvalue weighted by molar-refractivity contribution is 0.0158. The van der Waals surface area contributed by atoms with Gasteiger partial charge in [0.05, 0.1) is 16.8 Å². The Kier molecular flexibility index (Phi) is 6.41. The molecule has 8 nitrogen and oxygen atoms in total. The minimum atomic E-state index is -1.51. The van der Waals surface area contributed by atoms with Crippen molar-refractivity contribution in [2.45, 2.75) is 52.2 Å². The Labute approximate surface area is 213 Å². The molecule has 0 radical (unpaired) electrons. The van der Waals surface area contributed by atoms with E-state index in [2.05, 4.69) is 19.8 Å². The number of hydrogen-bond donors (Lipinski definition) is 0. The van der Waals surface area contributed by atoms with E-state index < -0.39 is 23.1 Å². The molecule has 0 spiro atoms. The van der Waals surface area contributed by atoms with E-state index in [1.54, 1.807) is 15.7 Å². The molecule has 0 N–H and O–H groups in total. The van der Waals surface area contributed by atoms with Gasteiger partial charge < -0.3 is 19.4 Å². The summed E-state index contributed by atoms with van der Waals surface area (Å²) in [5.41, 5.74) is 0.884. The summed E-state index contributed by atoms with van der Waals surface area (Å²) in [6.07, 6.45) is 4.92. The van der Waals surface area contributed by atoms with E-state index in [0.29, 0.717) is 31.1 Å². The highest BCUT2D eigenvalue weighted by atomic mass is 19.2. The van der Waals surface area contributed by atoms with Gasteiger partial charge in [-0.2, -0.15) is 0 Å². The van der Waals surface area contributed by atoms with Gasteiger partial charge in [0.1, 0.15) is 17.7 Å². The van der Waals surface area contributed by atoms with E-state index in [0.717, 1.165) is 49.1 Å². The largest absolute Gasteiger partial charge is 0.444 e. The minimum Gasteiger partial charge on any atom is -0.444 e. The summed E-state index contributed by atoms with van der Waals surface area (Å²) in [6.45, 7) is 10.7. The number of piperazine rings is 1. The predicted octanol–water partition coefficient (Wildman–Crippen LogP) is 4.88. The number of carbonyl (C=O) groups is 1. The van der Waals surface area contributed by atoms with Crippen molar-refractivity contribution in [1.29, 1.82) is 0 Å². The molecule has 0 saturated carbocycles. The number of ether oxygens (including phenoxy) is 1. The Balaban J connectivity index is 1.55. The zero-order valence-corrected chi connectivity index (χ0v) is 21.5. The summed E-state index contributed by atoms with van der Waals surface area (Å²) < 4.78 is 49.1. The van der Waals surface area contributed by atoms with Crippen molar-refractivity contribution in [3.63, 3.8) is 0 Å². The molecule has 1 atom stereocenters. The Morgan fingerprint density at radius 2 is 1.68 bits per heavy atom. The lowest BCUT2D eigenvalue weighted by Crippen LogP contribution is -2.55. The van der Waals surface area contributed by atoms with Crippen LogP contribution in [0.25, 0.3) is 16.7 Å². The Bertz CT molecular complexity index is 1310. The number of fused-ring (bicyclic) bond motifs is 1. The summed E-state index contributed by atoms with van der Waals surface area (Å²) in [5, 5.41) is 0.757. The molecule has 3 aromatic rings. The number of aromatic nitrogens is 3. The van der Waals surface area contributed by atoms with Crippen LogP contribution in [0.4, 0.5) is 29.5 Å². The number of carbonyl (C=O) groups excluding carboxylic acids is 1. The van der Waals surface area contributed by atoms with Gasteiger partial charge in [0.2, 0.25) is 0 Å². The molecule has 4 heterocycles. The lowest BCUT2D eigenvalue weighted by atomic mass is 10.1. The first-order valence-corrected chi connectivity index (χ1v) is 12.5. The number of anilines is 2. The predicted molar refractivity (Wildman–Crippen MR) is 135 cm³/mol. The van der Waals surface area contributed by atoms with Crippen LogP contribution < -0.4 is 9.80 Å². The van der Waals surface area contributed by atoms with Crippen LogP contribution in [-0.4, -0.2) is 69.9 Å². The SMILES string of the molecule is CC1CN(c2ncnc3c2c(N2CCCC2)cn3-c2cc(F)c(F)c(F)c2)CCN1C(=O)OC(C)(C)C. The fourth-order valence-electron chi connectivity index (χ4n) is 5.08. The smallest absolute Gasteiger partial charge is 0.410 e. The second-order valence-electron chi connectivity index (χ2n) is 10.7. The van der Waals surface area contributed by atoms with Crippen LogP contribution in [0, 0.1) is 17.5 Å². The van der Waals surface area contributed by atoms with Gasteiger partial charge >= 0.3 is 6.09 Å². The second-order valence-corrected chi connectivity index (χ2v) is 10.7. The van der Waals surface area contributed by atoms with E-state index in [1.807, 2.05) is 27.7 Å². The molecule has 2 saturated heterocycles. The number of halogens is 3. The Hall–Kier alpha value is -3.50. The molecule has 2 aliphatic rings. The zero-order valence-electron chi connectivity index (χ0n) is 21.5. The van der Waals surface area contributed by atoms with Gasteiger partial charge in [-0.1, -0.05) is 0 Å². The topological polar surface area (TPSA) is 66.7 Å². The first-order valence-electron chi connectivity index (χ1n) is 12.5. The summed E-state index contributed by atoms with van der Waals surface area (Å²) in [6, 6.07) is 1.80. The van der Waals surface area contributed by atoms with Gasteiger partial charge in [0, 0.05) is 57.1 Å². The van der Waals surface area contributed by atoms with Crippen LogP contribution in [0.2, 0.25) is 0 Å². The van der Waals surface area contributed by atoms with Gasteiger partial charge in [-0.25, -0.2) is 27.9 Å². The van der Waals surface area contributed by atoms with Crippen LogP contribution in [0.15, 0.2) is 24.7 Å². The van der Waals surface area contributed by atoms with Gasteiger partial charge in [-0.05, 0) is 40.5 Å². The van der Waals surface area contributed by atoms with Crippen LogP contribution in [0.1, 0.15) is 40.5 Å². The van der Waals surface area contributed by atoms with Crippen molar-refractivity contribution in [2.24, 2.45) is 0 Å². The molecule has 0 aliphatic carbocycles. The van der Waals surface area contributed by atoms with Crippen LogP contribution in [0.3, 0.4) is 0 Å². The molecule has 1 unspecified atom stereocenters. The minimum absolute atomic E-state index is 0.133. The van der Waals surface area contributed by atoms with E-state index in [9.17, 15) is 18.0 Å². The van der Waals surface area contributed by atoms with Crippen LogP contribution in [0.5, 0.6) is 0 Å². The van der Waals surface area contributed by atoms with Gasteiger partial charge in [-0.15, -0.1) is 0 Å². The van der Waals surface area contributed by atoms with Crippen molar-refractivity contribution in [3.8, 4) is 5.69 Å². The molecule has 37 heavy (non-hydrogen) atoms. The first kappa shape index (κ1) is 25.2. The summed E-state index contributed by atoms with van der Waals surface area (Å²) in [7, 11) is 0. The molecule has 0 bridgehead atoms. The van der Waals surface area contributed by atoms with E-state index in [-0.39, 0.29) is 17.8 Å². The van der Waals surface area contributed by atoms with Crippen LogP contribution in [-0.2, 0) is 4.74 Å². The maximum atomic E-state index is 14.1. The summed E-state index contributed by atoms with van der Waals surface area (Å²) >= 11 is 0. The molecule has 198 valence electrons. The van der Waals surface area contributed by atoms with E-state index in [4.69, 9.17) is 4.74 Å². The highest BCUT2D eigenvalue weighted by Crippen LogP contribution is 2.38. The molecule has 11 heteroatoms. The second kappa shape index (κ2) is 9.42. The summed E-state index contributed by atoms with van der Waals surface area (Å²) in [4.78, 5) is 27.8. The van der Waals surface area contributed by atoms with E-state index in [1.165, 1.54) is 6.33 Å². The Morgan fingerprint density at radius 3 is 2.30 bits per heavy atom. The molecule has 2 aromatic heterocycles. The van der Waals surface area contributed by atoms with Crippen molar-refractivity contribution < 1.29 is 22.7 Å². The fraction of sp³-hybridized carbons (Fsp3) is 0.500. The Morgan fingerprint density at radius 1 is 1.00 bits per heavy atom. The molecular weight excluding hydrogens is 485 g/mol. The molecular formula is C26H31F3N6O2. The highest BCUT2D eigenvalue weighted by molar-refractivity contribution is 6.00. The third-order valence-electron chi connectivity index (χ3n) is 6.79. The van der Waals surface area contributed by atoms with Gasteiger partial charge in [0.15, 0.2) is 23.1 Å².